The minimum Gasteiger partial charge on any atom is -0.388 e. The van der Waals surface area contributed by atoms with Crippen molar-refractivity contribution in [2.75, 3.05) is 31.8 Å². The zero-order valence-electron chi connectivity index (χ0n) is 20.6. The van der Waals surface area contributed by atoms with Gasteiger partial charge in [-0.15, -0.1) is 11.3 Å². The second-order valence-corrected chi connectivity index (χ2v) is 13.0. The first kappa shape index (κ1) is 27.1. The molecule has 0 spiro atoms. The third-order valence-corrected chi connectivity index (χ3v) is 9.24. The summed E-state index contributed by atoms with van der Waals surface area (Å²) in [6.07, 6.45) is 1.84. The van der Waals surface area contributed by atoms with Gasteiger partial charge in [0.05, 0.1) is 5.69 Å². The molecule has 12 heteroatoms. The number of aryl methyl sites for hydroxylation is 1. The van der Waals surface area contributed by atoms with Crippen molar-refractivity contribution in [3.05, 3.63) is 79.1 Å². The van der Waals surface area contributed by atoms with Crippen LogP contribution in [0, 0.1) is 10.5 Å². The third-order valence-electron chi connectivity index (χ3n) is 5.55. The normalized spacial score (nSPS) is 11.6. The van der Waals surface area contributed by atoms with Crippen LogP contribution in [-0.2, 0) is 16.6 Å². The fourth-order valence-electron chi connectivity index (χ4n) is 3.88. The smallest absolute Gasteiger partial charge is 0.333 e. The van der Waals surface area contributed by atoms with E-state index in [0.29, 0.717) is 26.9 Å². The Morgan fingerprint density at radius 2 is 1.78 bits per heavy atom. The molecule has 0 unspecified atom stereocenters. The summed E-state index contributed by atoms with van der Waals surface area (Å²) in [5.41, 5.74) is 2.79. The molecule has 2 amide bonds. The molecule has 0 aliphatic rings. The van der Waals surface area contributed by atoms with Crippen LogP contribution in [-0.4, -0.2) is 45.1 Å². The SMILES string of the molecule is CNc1ccc2c(=O)n(-c3ccc(NC(=O)NS(=O)(=O)c4ccc(C)s4)cc3I)cc(CN(C)C)c2c1. The summed E-state index contributed by atoms with van der Waals surface area (Å²) < 4.78 is 29.3. The van der Waals surface area contributed by atoms with Gasteiger partial charge in [0, 0.05) is 45.0 Å². The number of halogens is 1. The maximum absolute atomic E-state index is 13.5. The number of amides is 2. The number of pyridine rings is 1. The van der Waals surface area contributed by atoms with Crippen molar-refractivity contribution in [1.29, 1.82) is 0 Å². The molecule has 4 aromatic rings. The molecule has 0 radical (unpaired) electrons. The average molecular weight is 652 g/mol. The lowest BCUT2D eigenvalue weighted by molar-refractivity contribution is 0.256. The van der Waals surface area contributed by atoms with Crippen molar-refractivity contribution in [3.8, 4) is 5.69 Å². The van der Waals surface area contributed by atoms with Crippen molar-refractivity contribution in [1.82, 2.24) is 14.2 Å². The van der Waals surface area contributed by atoms with E-state index in [2.05, 4.69) is 33.2 Å². The molecule has 9 nitrogen and oxygen atoms in total. The Labute approximate surface area is 232 Å². The van der Waals surface area contributed by atoms with Crippen LogP contribution in [0.25, 0.3) is 16.5 Å². The van der Waals surface area contributed by atoms with Crippen molar-refractivity contribution in [3.63, 3.8) is 0 Å². The number of carbonyl (C=O) groups excluding carboxylic acids is 1. The number of anilines is 2. The molecule has 4 rings (SSSR count). The highest BCUT2D eigenvalue weighted by atomic mass is 127. The number of carbonyl (C=O) groups is 1. The molecule has 37 heavy (non-hydrogen) atoms. The predicted molar refractivity (Wildman–Crippen MR) is 158 cm³/mol. The highest BCUT2D eigenvalue weighted by Gasteiger charge is 2.20. The Hall–Kier alpha value is -2.94. The molecule has 0 atom stereocenters. The standard InChI is InChI=1S/C25H26IN5O4S2/c1-15-5-10-23(36-15)37(34,35)29-25(33)28-18-7-9-22(21(26)12-18)31-14-16(13-30(3)4)20-11-17(27-2)6-8-19(20)24(31)32/h5-12,14,27H,13H2,1-4H3,(H2,28,29,33). The van der Waals surface area contributed by atoms with Crippen LogP contribution in [0.5, 0.6) is 0 Å². The lowest BCUT2D eigenvalue weighted by atomic mass is 10.1. The van der Waals surface area contributed by atoms with Crippen LogP contribution in [0.3, 0.4) is 0 Å². The molecule has 2 aromatic heterocycles. The lowest BCUT2D eigenvalue weighted by Gasteiger charge is -2.17. The van der Waals surface area contributed by atoms with Crippen LogP contribution in [0.15, 0.2) is 63.7 Å². The first-order chi connectivity index (χ1) is 17.5. The van der Waals surface area contributed by atoms with E-state index in [9.17, 15) is 18.0 Å². The Balaban J connectivity index is 1.65. The lowest BCUT2D eigenvalue weighted by Crippen LogP contribution is -2.34. The Morgan fingerprint density at radius 3 is 2.41 bits per heavy atom. The molecule has 0 aliphatic carbocycles. The summed E-state index contributed by atoms with van der Waals surface area (Å²) >= 11 is 3.18. The van der Waals surface area contributed by atoms with E-state index in [1.165, 1.54) is 6.07 Å². The Bertz CT molecular complexity index is 1660. The number of nitrogens with one attached hydrogen (secondary N) is 3. The zero-order valence-corrected chi connectivity index (χ0v) is 24.4. The van der Waals surface area contributed by atoms with Crippen LogP contribution >= 0.6 is 33.9 Å². The molecular formula is C25H26IN5O4S2. The average Bonchev–Trinajstić information content (AvgIpc) is 3.27. The maximum Gasteiger partial charge on any atom is 0.333 e. The second-order valence-electron chi connectivity index (χ2n) is 8.67. The highest BCUT2D eigenvalue weighted by molar-refractivity contribution is 14.1. The summed E-state index contributed by atoms with van der Waals surface area (Å²) in [6.45, 7) is 2.43. The van der Waals surface area contributed by atoms with Gasteiger partial charge in [-0.3, -0.25) is 9.36 Å². The van der Waals surface area contributed by atoms with Gasteiger partial charge >= 0.3 is 6.03 Å². The van der Waals surface area contributed by atoms with Gasteiger partial charge in [0.25, 0.3) is 15.6 Å². The topological polar surface area (TPSA) is 113 Å². The quantitative estimate of drug-likeness (QED) is 0.253. The number of hydrogen-bond acceptors (Lipinski definition) is 7. The molecule has 0 aliphatic heterocycles. The van der Waals surface area contributed by atoms with Crippen molar-refractivity contribution < 1.29 is 13.2 Å². The number of rotatable bonds is 7. The van der Waals surface area contributed by atoms with Crippen molar-refractivity contribution in [2.45, 2.75) is 17.7 Å². The predicted octanol–water partition coefficient (Wildman–Crippen LogP) is 4.58. The van der Waals surface area contributed by atoms with Crippen LogP contribution in [0.2, 0.25) is 0 Å². The number of aromatic nitrogens is 1. The minimum atomic E-state index is -3.97. The fourth-order valence-corrected chi connectivity index (χ4v) is 6.84. The van der Waals surface area contributed by atoms with Crippen LogP contribution in [0.1, 0.15) is 10.4 Å². The highest BCUT2D eigenvalue weighted by Crippen LogP contribution is 2.26. The minimum absolute atomic E-state index is 0.0659. The van der Waals surface area contributed by atoms with Gasteiger partial charge in [-0.2, -0.15) is 0 Å². The number of thiophene rings is 1. The van der Waals surface area contributed by atoms with Gasteiger partial charge in [0.15, 0.2) is 0 Å². The molecule has 0 saturated carbocycles. The van der Waals surface area contributed by atoms with Crippen LogP contribution in [0.4, 0.5) is 16.2 Å². The zero-order chi connectivity index (χ0) is 26.9. The molecule has 2 aromatic carbocycles. The van der Waals surface area contributed by atoms with Gasteiger partial charge < -0.3 is 15.5 Å². The molecule has 0 saturated heterocycles. The first-order valence-electron chi connectivity index (χ1n) is 11.2. The molecular weight excluding hydrogens is 625 g/mol. The molecule has 194 valence electrons. The van der Waals surface area contributed by atoms with Gasteiger partial charge in [-0.25, -0.2) is 17.9 Å². The number of nitrogens with zero attached hydrogens (tertiary/aromatic N) is 2. The molecule has 0 bridgehead atoms. The van der Waals surface area contributed by atoms with Gasteiger partial charge in [-0.05, 0) is 103 Å². The van der Waals surface area contributed by atoms with E-state index in [0.717, 1.165) is 32.9 Å². The Morgan fingerprint density at radius 1 is 1.05 bits per heavy atom. The number of hydrogen-bond donors (Lipinski definition) is 3. The first-order valence-corrected chi connectivity index (χ1v) is 14.6. The molecule has 2 heterocycles. The van der Waals surface area contributed by atoms with E-state index < -0.39 is 16.1 Å². The van der Waals surface area contributed by atoms with Gasteiger partial charge in [0.1, 0.15) is 4.21 Å². The number of sulfonamides is 1. The van der Waals surface area contributed by atoms with Gasteiger partial charge in [-0.1, -0.05) is 0 Å². The summed E-state index contributed by atoms with van der Waals surface area (Å²) in [7, 11) is 1.81. The largest absolute Gasteiger partial charge is 0.388 e. The van der Waals surface area contributed by atoms with E-state index in [-0.39, 0.29) is 9.77 Å². The van der Waals surface area contributed by atoms with E-state index in [4.69, 9.17) is 0 Å². The number of urea groups is 1. The number of fused-ring (bicyclic) bond motifs is 1. The summed E-state index contributed by atoms with van der Waals surface area (Å²) in [6, 6.07) is 13.0. The fraction of sp³-hybridized carbons (Fsp3) is 0.200. The van der Waals surface area contributed by atoms with Crippen molar-refractivity contribution in [2.24, 2.45) is 0 Å². The molecule has 0 fully saturated rings. The summed E-state index contributed by atoms with van der Waals surface area (Å²) in [5, 5.41) is 7.16. The monoisotopic (exact) mass is 651 g/mol. The summed E-state index contributed by atoms with van der Waals surface area (Å²) in [4.78, 5) is 28.7. The second kappa shape index (κ2) is 10.8. The van der Waals surface area contributed by atoms with Crippen LogP contribution < -0.4 is 20.9 Å². The number of benzene rings is 2. The summed E-state index contributed by atoms with van der Waals surface area (Å²) in [5.74, 6) is 0. The Kier molecular flexibility index (Phi) is 7.92. The molecule has 3 N–H and O–H groups in total. The van der Waals surface area contributed by atoms with Gasteiger partial charge in [0.2, 0.25) is 0 Å². The van der Waals surface area contributed by atoms with E-state index >= 15 is 0 Å². The third kappa shape index (κ3) is 5.98. The maximum atomic E-state index is 13.5. The van der Waals surface area contributed by atoms with E-state index in [1.807, 2.05) is 55.2 Å². The van der Waals surface area contributed by atoms with Crippen molar-refractivity contribution >= 4 is 72.1 Å². The van der Waals surface area contributed by atoms with E-state index in [1.54, 1.807) is 35.8 Å².